The van der Waals surface area contributed by atoms with Gasteiger partial charge in [-0.15, -0.1) is 11.3 Å². The molecule has 4 heteroatoms. The van der Waals surface area contributed by atoms with Crippen LogP contribution < -0.4 is 0 Å². The first-order valence-electron chi connectivity index (χ1n) is 21.9. The Balaban J connectivity index is 1.20. The topological polar surface area (TPSA) is 14.2 Å². The molecule has 0 amide bonds. The Labute approximate surface area is 379 Å². The van der Waals surface area contributed by atoms with E-state index in [1.54, 1.807) is 11.3 Å². The van der Waals surface area contributed by atoms with Crippen LogP contribution in [0.3, 0.4) is 0 Å². The molecule has 3 heterocycles. The van der Waals surface area contributed by atoms with Gasteiger partial charge in [-0.05, 0) is 105 Å². The van der Waals surface area contributed by atoms with E-state index < -0.39 is 0 Å². The van der Waals surface area contributed by atoms with E-state index in [1.165, 1.54) is 32.3 Å². The van der Waals surface area contributed by atoms with Gasteiger partial charge in [0.25, 0.3) is 0 Å². The van der Waals surface area contributed by atoms with Gasteiger partial charge < -0.3 is 9.13 Å². The van der Waals surface area contributed by atoms with Crippen molar-refractivity contribution in [3.8, 4) is 55.9 Å². The van der Waals surface area contributed by atoms with Gasteiger partial charge in [-0.3, -0.25) is 0 Å². The third-order valence-electron chi connectivity index (χ3n) is 13.1. The Morgan fingerprint density at radius 1 is 0.308 bits per heavy atom. The summed E-state index contributed by atoms with van der Waals surface area (Å²) < 4.78 is 7.13. The maximum atomic E-state index is 9.01. The molecule has 0 N–H and O–H groups in total. The normalized spacial score (nSPS) is 11.7. The quantitative estimate of drug-likeness (QED) is 0.148. The zero-order valence-corrected chi connectivity index (χ0v) is 35.9. The fourth-order valence-electron chi connectivity index (χ4n) is 10.1. The van der Waals surface area contributed by atoms with Crippen LogP contribution in [0.2, 0.25) is 0 Å². The van der Waals surface area contributed by atoms with E-state index in [0.29, 0.717) is 5.69 Å². The minimum Gasteiger partial charge on any atom is -0.317 e. The van der Waals surface area contributed by atoms with Crippen molar-refractivity contribution in [1.82, 2.24) is 9.13 Å². The molecule has 10 aromatic carbocycles. The van der Waals surface area contributed by atoms with Gasteiger partial charge in [0, 0.05) is 41.7 Å². The molecule has 0 atom stereocenters. The summed E-state index contributed by atoms with van der Waals surface area (Å²) in [6, 6.07) is 80.9. The first-order valence-corrected chi connectivity index (χ1v) is 22.8. The van der Waals surface area contributed by atoms with E-state index in [4.69, 9.17) is 6.57 Å². The van der Waals surface area contributed by atoms with Crippen molar-refractivity contribution in [1.29, 1.82) is 0 Å². The highest BCUT2D eigenvalue weighted by Gasteiger charge is 2.27. The van der Waals surface area contributed by atoms with Crippen molar-refractivity contribution in [3.63, 3.8) is 0 Å². The number of thiophene rings is 1. The molecule has 0 aliphatic rings. The van der Waals surface area contributed by atoms with Crippen molar-refractivity contribution in [2.24, 2.45) is 0 Å². The number of aromatic nitrogens is 2. The van der Waals surface area contributed by atoms with Crippen molar-refractivity contribution >= 4 is 80.8 Å². The van der Waals surface area contributed by atoms with Crippen molar-refractivity contribution < 1.29 is 0 Å². The van der Waals surface area contributed by atoms with E-state index in [9.17, 15) is 0 Å². The second-order valence-corrected chi connectivity index (χ2v) is 17.8. The predicted octanol–water partition coefficient (Wildman–Crippen LogP) is 17.5. The molecule has 13 rings (SSSR count). The maximum Gasteiger partial charge on any atom is 0.214 e. The van der Waals surface area contributed by atoms with E-state index >= 15 is 0 Å². The average molecular weight is 844 g/mol. The highest BCUT2D eigenvalue weighted by atomic mass is 32.1. The summed E-state index contributed by atoms with van der Waals surface area (Å²) >= 11 is 1.76. The summed E-state index contributed by atoms with van der Waals surface area (Å²) in [4.78, 5) is 4.45. The van der Waals surface area contributed by atoms with E-state index in [2.05, 4.69) is 238 Å². The lowest BCUT2D eigenvalue weighted by molar-refractivity contribution is 1.11. The van der Waals surface area contributed by atoms with Gasteiger partial charge in [0.2, 0.25) is 5.69 Å². The summed E-state index contributed by atoms with van der Waals surface area (Å²) in [7, 11) is 0. The van der Waals surface area contributed by atoms with Crippen LogP contribution in [0.4, 0.5) is 5.69 Å². The van der Waals surface area contributed by atoms with Crippen LogP contribution in [0.5, 0.6) is 0 Å². The fourth-order valence-corrected chi connectivity index (χ4v) is 11.3. The second kappa shape index (κ2) is 14.8. The summed E-state index contributed by atoms with van der Waals surface area (Å²) in [5, 5.41) is 6.91. The molecule has 0 fully saturated rings. The Morgan fingerprint density at radius 3 is 1.05 bits per heavy atom. The molecule has 3 aromatic heterocycles. The summed E-state index contributed by atoms with van der Waals surface area (Å²) in [5.74, 6) is 0. The van der Waals surface area contributed by atoms with Gasteiger partial charge in [-0.25, -0.2) is 4.85 Å². The minimum absolute atomic E-state index is 0.605. The SMILES string of the molecule is [C-]#[N+]c1cc2sc3ccccc3c2c(-n2c3ccc(-c4ccccc4)cc3c3cc(-c4ccccc4)ccc32)c1-n1c2ccc(-c3ccccc3)cc2c2cc(-c3ccccc3)ccc21. The zero-order chi connectivity index (χ0) is 43.0. The molecule has 0 spiro atoms. The van der Waals surface area contributed by atoms with Gasteiger partial charge in [-0.2, -0.15) is 0 Å². The minimum atomic E-state index is 0.605. The lowest BCUT2D eigenvalue weighted by Gasteiger charge is -2.20. The highest BCUT2D eigenvalue weighted by molar-refractivity contribution is 7.26. The molecule has 0 aliphatic heterocycles. The third kappa shape index (κ3) is 5.87. The van der Waals surface area contributed by atoms with E-state index in [0.717, 1.165) is 87.3 Å². The van der Waals surface area contributed by atoms with Crippen LogP contribution in [0.25, 0.3) is 125 Å². The van der Waals surface area contributed by atoms with Gasteiger partial charge in [0.15, 0.2) is 0 Å². The Morgan fingerprint density at radius 2 is 0.662 bits per heavy atom. The Bertz CT molecular complexity index is 3850. The summed E-state index contributed by atoms with van der Waals surface area (Å²) in [6.07, 6.45) is 0. The molecule has 3 nitrogen and oxygen atoms in total. The largest absolute Gasteiger partial charge is 0.317 e. The van der Waals surface area contributed by atoms with Gasteiger partial charge >= 0.3 is 0 Å². The molecule has 0 aliphatic carbocycles. The molecule has 0 unspecified atom stereocenters. The number of fused-ring (bicyclic) bond motifs is 9. The lowest BCUT2D eigenvalue weighted by atomic mass is 10.0. The van der Waals surface area contributed by atoms with E-state index in [1.807, 2.05) is 0 Å². The van der Waals surface area contributed by atoms with Gasteiger partial charge in [0.05, 0.1) is 40.0 Å². The zero-order valence-electron chi connectivity index (χ0n) is 35.1. The molecular weight excluding hydrogens is 807 g/mol. The third-order valence-corrected chi connectivity index (χ3v) is 14.2. The number of hydrogen-bond acceptors (Lipinski definition) is 1. The number of hydrogen-bond donors (Lipinski definition) is 0. The summed E-state index contributed by atoms with van der Waals surface area (Å²) in [5.41, 5.74) is 16.1. The van der Waals surface area contributed by atoms with Crippen LogP contribution in [0.1, 0.15) is 0 Å². The predicted molar refractivity (Wildman–Crippen MR) is 276 cm³/mol. The van der Waals surface area contributed by atoms with Crippen molar-refractivity contribution in [3.05, 3.63) is 236 Å². The number of nitrogens with zero attached hydrogens (tertiary/aromatic N) is 3. The lowest BCUT2D eigenvalue weighted by Crippen LogP contribution is -2.05. The van der Waals surface area contributed by atoms with Crippen LogP contribution >= 0.6 is 11.3 Å². The molecule has 0 saturated heterocycles. The van der Waals surface area contributed by atoms with Crippen LogP contribution in [0.15, 0.2) is 224 Å². The fraction of sp³-hybridized carbons (Fsp3) is 0. The monoisotopic (exact) mass is 843 g/mol. The first kappa shape index (κ1) is 37.1. The Kier molecular flexibility index (Phi) is 8.46. The molecule has 13 aromatic rings. The maximum absolute atomic E-state index is 9.01. The average Bonchev–Trinajstić information content (AvgIpc) is 4.03. The second-order valence-electron chi connectivity index (χ2n) is 16.7. The molecule has 0 saturated carbocycles. The van der Waals surface area contributed by atoms with Crippen LogP contribution in [0, 0.1) is 6.57 Å². The molecular formula is C61H37N3S. The number of rotatable bonds is 6. The van der Waals surface area contributed by atoms with Gasteiger partial charge in [0.1, 0.15) is 0 Å². The Hall–Kier alpha value is -8.49. The molecule has 65 heavy (non-hydrogen) atoms. The highest BCUT2D eigenvalue weighted by Crippen LogP contribution is 2.50. The summed E-state index contributed by atoms with van der Waals surface area (Å²) in [6.45, 7) is 9.01. The molecule has 0 bridgehead atoms. The first-order chi connectivity index (χ1) is 32.2. The van der Waals surface area contributed by atoms with Crippen LogP contribution in [-0.2, 0) is 0 Å². The number of benzene rings is 10. The van der Waals surface area contributed by atoms with Crippen molar-refractivity contribution in [2.45, 2.75) is 0 Å². The van der Waals surface area contributed by atoms with Crippen molar-refractivity contribution in [2.75, 3.05) is 0 Å². The van der Waals surface area contributed by atoms with Crippen LogP contribution in [-0.4, -0.2) is 9.13 Å². The van der Waals surface area contributed by atoms with E-state index in [-0.39, 0.29) is 0 Å². The molecule has 302 valence electrons. The smallest absolute Gasteiger partial charge is 0.214 e. The standard InChI is InChI=1S/C61H37N3S/c1-62-52-38-58-59(47-24-14-15-25-57(47)65-58)61(64-55-32-28-45(41-20-10-4-11-21-41)36-50(55)51-37-46(29-33-56(51)64)42-22-12-5-13-23-42)60(52)63-53-30-26-43(39-16-6-2-7-17-39)34-48(53)49-35-44(27-31-54(49)63)40-18-8-3-9-19-40/h2-38H. The van der Waals surface area contributed by atoms with Gasteiger partial charge in [-0.1, -0.05) is 164 Å². The molecule has 0 radical (unpaired) electrons.